The summed E-state index contributed by atoms with van der Waals surface area (Å²) in [5.41, 5.74) is 4.06. The predicted molar refractivity (Wildman–Crippen MR) is 83.1 cm³/mol. The molecule has 0 N–H and O–H groups in total. The van der Waals surface area contributed by atoms with Crippen LogP contribution in [0.2, 0.25) is 0 Å². The number of benzene rings is 1. The number of methoxy groups -OCH3 is 1. The van der Waals surface area contributed by atoms with E-state index in [1.165, 1.54) is 0 Å². The zero-order chi connectivity index (χ0) is 13.9. The molecule has 0 atom stereocenters. The maximum absolute atomic E-state index is 5.29. The largest absolute Gasteiger partial charge is 0.497 e. The van der Waals surface area contributed by atoms with Crippen LogP contribution >= 0.6 is 0 Å². The Morgan fingerprint density at radius 1 is 1.15 bits per heavy atom. The number of aromatic nitrogens is 2. The van der Waals surface area contributed by atoms with Crippen LogP contribution in [-0.4, -0.2) is 16.5 Å². The summed E-state index contributed by atoms with van der Waals surface area (Å²) < 4.78 is 7.43. The van der Waals surface area contributed by atoms with Crippen molar-refractivity contribution in [2.75, 3.05) is 7.11 Å². The van der Waals surface area contributed by atoms with E-state index in [0.717, 1.165) is 28.0 Å². The average molecular weight is 264 g/mol. The molecule has 0 aliphatic carbocycles. The summed E-state index contributed by atoms with van der Waals surface area (Å²) in [4.78, 5) is 4.73. The number of nitrogens with zero attached hydrogens (tertiary/aromatic N) is 2. The lowest BCUT2D eigenvalue weighted by molar-refractivity contribution is 0.415. The van der Waals surface area contributed by atoms with Crippen molar-refractivity contribution in [1.82, 2.24) is 9.38 Å². The summed E-state index contributed by atoms with van der Waals surface area (Å²) in [6.07, 6.45) is 10.1. The maximum Gasteiger partial charge on any atom is 0.121 e. The molecule has 0 unspecified atom stereocenters. The summed E-state index contributed by atoms with van der Waals surface area (Å²) in [7, 11) is 1.68. The van der Waals surface area contributed by atoms with Crippen LogP contribution in [0.15, 0.2) is 54.8 Å². The van der Waals surface area contributed by atoms with Gasteiger partial charge in [0.05, 0.1) is 29.4 Å². The van der Waals surface area contributed by atoms with Crippen molar-refractivity contribution < 1.29 is 4.74 Å². The van der Waals surface area contributed by atoms with E-state index in [4.69, 9.17) is 9.72 Å². The Labute approximate surface area is 117 Å². The van der Waals surface area contributed by atoms with E-state index in [1.54, 1.807) is 7.11 Å². The third-order valence-corrected chi connectivity index (χ3v) is 3.25. The molecule has 3 heteroatoms. The van der Waals surface area contributed by atoms with Gasteiger partial charge in [-0.05, 0) is 37.3 Å². The van der Waals surface area contributed by atoms with Crippen LogP contribution in [0.4, 0.5) is 0 Å². The molecule has 20 heavy (non-hydrogen) atoms. The highest BCUT2D eigenvalue weighted by molar-refractivity contribution is 5.84. The van der Waals surface area contributed by atoms with Crippen LogP contribution in [-0.2, 0) is 0 Å². The van der Waals surface area contributed by atoms with E-state index < -0.39 is 0 Å². The molecule has 2 aromatic heterocycles. The van der Waals surface area contributed by atoms with Gasteiger partial charge in [0.15, 0.2) is 0 Å². The average Bonchev–Trinajstić information content (AvgIpc) is 2.97. The zero-order valence-corrected chi connectivity index (χ0v) is 11.6. The van der Waals surface area contributed by atoms with E-state index in [2.05, 4.69) is 10.5 Å². The molecular weight excluding hydrogens is 248 g/mol. The molecule has 0 aliphatic heterocycles. The van der Waals surface area contributed by atoms with Crippen LogP contribution in [0.3, 0.4) is 0 Å². The Morgan fingerprint density at radius 3 is 2.85 bits per heavy atom. The molecule has 0 fully saturated rings. The van der Waals surface area contributed by atoms with Crippen molar-refractivity contribution in [2.24, 2.45) is 0 Å². The van der Waals surface area contributed by atoms with Gasteiger partial charge in [0.2, 0.25) is 0 Å². The molecule has 0 saturated carbocycles. The SMILES string of the molecule is C/C=C/C=C/c1nc2ccc(OC)cc2n2cccc12. The lowest BCUT2D eigenvalue weighted by atomic mass is 10.2. The Balaban J connectivity index is 2.28. The van der Waals surface area contributed by atoms with Gasteiger partial charge in [0.25, 0.3) is 0 Å². The molecule has 0 aliphatic rings. The number of ether oxygens (including phenoxy) is 1. The Bertz CT molecular complexity index is 812. The van der Waals surface area contributed by atoms with Crippen LogP contribution in [0.25, 0.3) is 22.6 Å². The van der Waals surface area contributed by atoms with Gasteiger partial charge < -0.3 is 9.14 Å². The van der Waals surface area contributed by atoms with Crippen LogP contribution in [0.1, 0.15) is 12.6 Å². The molecule has 0 spiro atoms. The number of fused-ring (bicyclic) bond motifs is 3. The summed E-state index contributed by atoms with van der Waals surface area (Å²) in [5.74, 6) is 0.839. The minimum Gasteiger partial charge on any atom is -0.497 e. The summed E-state index contributed by atoms with van der Waals surface area (Å²) in [5, 5.41) is 0. The van der Waals surface area contributed by atoms with Crippen LogP contribution in [0, 0.1) is 0 Å². The fourth-order valence-corrected chi connectivity index (χ4v) is 2.28. The lowest BCUT2D eigenvalue weighted by Gasteiger charge is -2.07. The van der Waals surface area contributed by atoms with Crippen molar-refractivity contribution in [3.63, 3.8) is 0 Å². The second kappa shape index (κ2) is 5.21. The highest BCUT2D eigenvalue weighted by Crippen LogP contribution is 2.23. The van der Waals surface area contributed by atoms with Crippen molar-refractivity contribution in [3.05, 3.63) is 60.5 Å². The maximum atomic E-state index is 5.29. The normalized spacial score (nSPS) is 12.1. The fourth-order valence-electron chi connectivity index (χ4n) is 2.28. The molecule has 3 aromatic rings. The highest BCUT2D eigenvalue weighted by atomic mass is 16.5. The first-order valence-corrected chi connectivity index (χ1v) is 6.57. The van der Waals surface area contributed by atoms with Crippen molar-refractivity contribution >= 4 is 22.6 Å². The second-order valence-electron chi connectivity index (χ2n) is 4.50. The quantitative estimate of drug-likeness (QED) is 0.666. The first kappa shape index (κ1) is 12.5. The number of hydrogen-bond acceptors (Lipinski definition) is 2. The molecule has 0 saturated heterocycles. The molecular formula is C17H16N2O. The predicted octanol–water partition coefficient (Wildman–Crippen LogP) is 4.09. The Hall–Kier alpha value is -2.55. The highest BCUT2D eigenvalue weighted by Gasteiger charge is 2.06. The number of allylic oxidation sites excluding steroid dienone is 3. The van der Waals surface area contributed by atoms with Crippen LogP contribution < -0.4 is 4.74 Å². The molecule has 100 valence electrons. The molecule has 0 amide bonds. The lowest BCUT2D eigenvalue weighted by Crippen LogP contribution is -1.94. The van der Waals surface area contributed by atoms with Gasteiger partial charge in [-0.3, -0.25) is 0 Å². The molecule has 1 aromatic carbocycles. The molecule has 3 nitrogen and oxygen atoms in total. The number of hydrogen-bond donors (Lipinski definition) is 0. The zero-order valence-electron chi connectivity index (χ0n) is 11.6. The van der Waals surface area contributed by atoms with E-state index >= 15 is 0 Å². The summed E-state index contributed by atoms with van der Waals surface area (Å²) in [6.45, 7) is 2.00. The summed E-state index contributed by atoms with van der Waals surface area (Å²) >= 11 is 0. The minimum absolute atomic E-state index is 0.839. The van der Waals surface area contributed by atoms with Gasteiger partial charge in [-0.2, -0.15) is 0 Å². The van der Waals surface area contributed by atoms with Gasteiger partial charge in [0.1, 0.15) is 5.75 Å². The van der Waals surface area contributed by atoms with E-state index in [9.17, 15) is 0 Å². The minimum atomic E-state index is 0.839. The molecule has 3 rings (SSSR count). The van der Waals surface area contributed by atoms with Crippen molar-refractivity contribution in [2.45, 2.75) is 6.92 Å². The van der Waals surface area contributed by atoms with Gasteiger partial charge >= 0.3 is 0 Å². The van der Waals surface area contributed by atoms with E-state index in [0.29, 0.717) is 0 Å². The van der Waals surface area contributed by atoms with Crippen molar-refractivity contribution in [1.29, 1.82) is 0 Å². The number of rotatable bonds is 3. The monoisotopic (exact) mass is 264 g/mol. The van der Waals surface area contributed by atoms with E-state index in [-0.39, 0.29) is 0 Å². The standard InChI is InChI=1S/C17H16N2O/c1-3-4-5-7-14-16-8-6-11-19(16)17-12-13(20-2)9-10-15(17)18-14/h3-12H,1-2H3/b4-3+,7-5+. The smallest absolute Gasteiger partial charge is 0.121 e. The second-order valence-corrected chi connectivity index (χ2v) is 4.50. The third kappa shape index (κ3) is 2.07. The van der Waals surface area contributed by atoms with Gasteiger partial charge in [-0.1, -0.05) is 18.2 Å². The molecule has 0 radical (unpaired) electrons. The van der Waals surface area contributed by atoms with Gasteiger partial charge in [-0.15, -0.1) is 0 Å². The molecule has 0 bridgehead atoms. The molecule has 2 heterocycles. The first-order valence-electron chi connectivity index (χ1n) is 6.57. The van der Waals surface area contributed by atoms with Crippen molar-refractivity contribution in [3.8, 4) is 5.75 Å². The van der Waals surface area contributed by atoms with Crippen LogP contribution in [0.5, 0.6) is 5.75 Å². The Morgan fingerprint density at radius 2 is 2.05 bits per heavy atom. The van der Waals surface area contributed by atoms with Gasteiger partial charge in [0, 0.05) is 12.3 Å². The van der Waals surface area contributed by atoms with Gasteiger partial charge in [-0.25, -0.2) is 4.98 Å². The third-order valence-electron chi connectivity index (χ3n) is 3.25. The topological polar surface area (TPSA) is 26.5 Å². The first-order chi connectivity index (χ1) is 9.83. The fraction of sp³-hybridized carbons (Fsp3) is 0.118. The Kier molecular flexibility index (Phi) is 3.25. The van der Waals surface area contributed by atoms with E-state index in [1.807, 2.05) is 61.7 Å². The summed E-state index contributed by atoms with van der Waals surface area (Å²) in [6, 6.07) is 10.0.